The van der Waals surface area contributed by atoms with Gasteiger partial charge in [-0.3, -0.25) is 0 Å². The van der Waals surface area contributed by atoms with Gasteiger partial charge in [0.05, 0.1) is 14.2 Å². The average molecular weight is 235 g/mol. The SMILES string of the molecule is COc1cc(OC)cc(C2CCCN(C)C2)c1. The molecule has 1 aromatic rings. The maximum atomic E-state index is 5.32. The van der Waals surface area contributed by atoms with Crippen molar-refractivity contribution in [2.45, 2.75) is 18.8 Å². The topological polar surface area (TPSA) is 21.7 Å². The maximum absolute atomic E-state index is 5.32. The Labute approximate surface area is 103 Å². The number of methoxy groups -OCH3 is 2. The molecular formula is C14H21NO2. The van der Waals surface area contributed by atoms with Crippen LogP contribution in [0.25, 0.3) is 0 Å². The molecule has 1 aromatic carbocycles. The first-order valence-electron chi connectivity index (χ1n) is 6.14. The molecule has 0 amide bonds. The lowest BCUT2D eigenvalue weighted by Crippen LogP contribution is -2.30. The van der Waals surface area contributed by atoms with Gasteiger partial charge < -0.3 is 14.4 Å². The van der Waals surface area contributed by atoms with Gasteiger partial charge in [0, 0.05) is 12.6 Å². The zero-order chi connectivity index (χ0) is 12.3. The van der Waals surface area contributed by atoms with Crippen LogP contribution >= 0.6 is 0 Å². The molecule has 3 nitrogen and oxygen atoms in total. The summed E-state index contributed by atoms with van der Waals surface area (Å²) in [5, 5.41) is 0. The highest BCUT2D eigenvalue weighted by molar-refractivity contribution is 5.40. The highest BCUT2D eigenvalue weighted by atomic mass is 16.5. The number of benzene rings is 1. The van der Waals surface area contributed by atoms with Gasteiger partial charge in [-0.1, -0.05) is 0 Å². The van der Waals surface area contributed by atoms with Gasteiger partial charge in [-0.15, -0.1) is 0 Å². The van der Waals surface area contributed by atoms with E-state index in [1.807, 2.05) is 6.07 Å². The third-order valence-electron chi connectivity index (χ3n) is 3.47. The second-order valence-electron chi connectivity index (χ2n) is 4.75. The van der Waals surface area contributed by atoms with Crippen LogP contribution in [-0.2, 0) is 0 Å². The van der Waals surface area contributed by atoms with E-state index in [9.17, 15) is 0 Å². The van der Waals surface area contributed by atoms with Gasteiger partial charge in [0.15, 0.2) is 0 Å². The Morgan fingerprint density at radius 3 is 2.29 bits per heavy atom. The molecule has 1 saturated heterocycles. The van der Waals surface area contributed by atoms with E-state index in [1.54, 1.807) is 14.2 Å². The normalized spacial score (nSPS) is 21.2. The molecule has 0 spiro atoms. The summed E-state index contributed by atoms with van der Waals surface area (Å²) in [6.45, 7) is 2.33. The van der Waals surface area contributed by atoms with Crippen molar-refractivity contribution < 1.29 is 9.47 Å². The highest BCUT2D eigenvalue weighted by Crippen LogP contribution is 2.32. The van der Waals surface area contributed by atoms with Gasteiger partial charge >= 0.3 is 0 Å². The van der Waals surface area contributed by atoms with Gasteiger partial charge in [0.1, 0.15) is 11.5 Å². The van der Waals surface area contributed by atoms with Gasteiger partial charge in [-0.25, -0.2) is 0 Å². The number of likely N-dealkylation sites (tertiary alicyclic amines) is 1. The summed E-state index contributed by atoms with van der Waals surface area (Å²) in [6, 6.07) is 6.19. The summed E-state index contributed by atoms with van der Waals surface area (Å²) in [7, 11) is 5.58. The molecule has 1 aliphatic rings. The van der Waals surface area contributed by atoms with Crippen LogP contribution in [0.3, 0.4) is 0 Å². The Bertz CT molecular complexity index is 356. The minimum Gasteiger partial charge on any atom is -0.497 e. The van der Waals surface area contributed by atoms with Crippen molar-refractivity contribution >= 4 is 0 Å². The molecule has 1 fully saturated rings. The van der Waals surface area contributed by atoms with Crippen LogP contribution in [0.1, 0.15) is 24.3 Å². The molecule has 0 saturated carbocycles. The largest absolute Gasteiger partial charge is 0.497 e. The zero-order valence-corrected chi connectivity index (χ0v) is 10.9. The first kappa shape index (κ1) is 12.2. The Hall–Kier alpha value is -1.22. The highest BCUT2D eigenvalue weighted by Gasteiger charge is 2.20. The summed E-state index contributed by atoms with van der Waals surface area (Å²) in [4.78, 5) is 2.39. The van der Waals surface area contributed by atoms with E-state index in [0.717, 1.165) is 18.0 Å². The minimum absolute atomic E-state index is 0.595. The molecule has 0 aliphatic carbocycles. The van der Waals surface area contributed by atoms with Crippen LogP contribution < -0.4 is 9.47 Å². The van der Waals surface area contributed by atoms with Gasteiger partial charge in [0.2, 0.25) is 0 Å². The Balaban J connectivity index is 2.23. The van der Waals surface area contributed by atoms with Crippen molar-refractivity contribution in [3.63, 3.8) is 0 Å². The second kappa shape index (κ2) is 5.41. The van der Waals surface area contributed by atoms with E-state index in [2.05, 4.69) is 24.1 Å². The number of ether oxygens (including phenoxy) is 2. The molecule has 1 aliphatic heterocycles. The number of hydrogen-bond acceptors (Lipinski definition) is 3. The van der Waals surface area contributed by atoms with Crippen molar-refractivity contribution in [1.82, 2.24) is 4.90 Å². The summed E-state index contributed by atoms with van der Waals surface area (Å²) >= 11 is 0. The molecule has 1 atom stereocenters. The quantitative estimate of drug-likeness (QED) is 0.803. The molecule has 3 heteroatoms. The Kier molecular flexibility index (Phi) is 3.89. The van der Waals surface area contributed by atoms with Crippen molar-refractivity contribution in [3.05, 3.63) is 23.8 Å². The summed E-state index contributed by atoms with van der Waals surface area (Å²) in [5.74, 6) is 2.36. The van der Waals surface area contributed by atoms with Gasteiger partial charge in [0.25, 0.3) is 0 Å². The molecular weight excluding hydrogens is 214 g/mol. The van der Waals surface area contributed by atoms with E-state index >= 15 is 0 Å². The molecule has 0 N–H and O–H groups in total. The Morgan fingerprint density at radius 2 is 1.76 bits per heavy atom. The van der Waals surface area contributed by atoms with Crippen molar-refractivity contribution in [1.29, 1.82) is 0 Å². The summed E-state index contributed by atoms with van der Waals surface area (Å²) < 4.78 is 10.6. The molecule has 2 rings (SSSR count). The van der Waals surface area contributed by atoms with Gasteiger partial charge in [-0.05, 0) is 50.0 Å². The molecule has 0 radical (unpaired) electrons. The van der Waals surface area contributed by atoms with Crippen LogP contribution in [0.5, 0.6) is 11.5 Å². The first-order valence-corrected chi connectivity index (χ1v) is 6.14. The van der Waals surface area contributed by atoms with Gasteiger partial charge in [-0.2, -0.15) is 0 Å². The summed E-state index contributed by atoms with van der Waals surface area (Å²) in [5.41, 5.74) is 1.33. The van der Waals surface area contributed by atoms with Crippen molar-refractivity contribution in [2.24, 2.45) is 0 Å². The van der Waals surface area contributed by atoms with Crippen LogP contribution in [0.15, 0.2) is 18.2 Å². The molecule has 1 heterocycles. The second-order valence-corrected chi connectivity index (χ2v) is 4.75. The number of piperidine rings is 1. The summed E-state index contributed by atoms with van der Waals surface area (Å²) in [6.07, 6.45) is 2.52. The number of likely N-dealkylation sites (N-methyl/N-ethyl adjacent to an activating group) is 1. The van der Waals surface area contributed by atoms with Crippen LogP contribution in [0.2, 0.25) is 0 Å². The molecule has 94 valence electrons. The van der Waals surface area contributed by atoms with E-state index in [1.165, 1.54) is 24.9 Å². The Morgan fingerprint density at radius 1 is 1.12 bits per heavy atom. The van der Waals surface area contributed by atoms with E-state index < -0.39 is 0 Å². The first-order chi connectivity index (χ1) is 8.22. The lowest BCUT2D eigenvalue weighted by atomic mass is 9.90. The van der Waals surface area contributed by atoms with Crippen LogP contribution in [0, 0.1) is 0 Å². The average Bonchev–Trinajstić information content (AvgIpc) is 2.38. The standard InChI is InChI=1S/C14H21NO2/c1-15-6-4-5-11(10-15)12-7-13(16-2)9-14(8-12)17-3/h7-9,11H,4-6,10H2,1-3H3. The predicted molar refractivity (Wildman–Crippen MR) is 69.0 cm³/mol. The molecule has 17 heavy (non-hydrogen) atoms. The number of rotatable bonds is 3. The maximum Gasteiger partial charge on any atom is 0.122 e. The molecule has 0 bridgehead atoms. The third kappa shape index (κ3) is 2.91. The molecule has 0 aromatic heterocycles. The minimum atomic E-state index is 0.595. The molecule has 1 unspecified atom stereocenters. The van der Waals surface area contributed by atoms with Crippen LogP contribution in [-0.4, -0.2) is 39.3 Å². The predicted octanol–water partition coefficient (Wildman–Crippen LogP) is 2.51. The number of hydrogen-bond donors (Lipinski definition) is 0. The van der Waals surface area contributed by atoms with Crippen molar-refractivity contribution in [3.8, 4) is 11.5 Å². The monoisotopic (exact) mass is 235 g/mol. The fourth-order valence-electron chi connectivity index (χ4n) is 2.50. The van der Waals surface area contributed by atoms with Crippen molar-refractivity contribution in [2.75, 3.05) is 34.4 Å². The lowest BCUT2D eigenvalue weighted by Gasteiger charge is -2.30. The third-order valence-corrected chi connectivity index (χ3v) is 3.47. The van der Waals surface area contributed by atoms with E-state index in [0.29, 0.717) is 5.92 Å². The van der Waals surface area contributed by atoms with Crippen LogP contribution in [0.4, 0.5) is 0 Å². The fraction of sp³-hybridized carbons (Fsp3) is 0.571. The smallest absolute Gasteiger partial charge is 0.122 e. The van der Waals surface area contributed by atoms with E-state index in [-0.39, 0.29) is 0 Å². The zero-order valence-electron chi connectivity index (χ0n) is 10.9. The van der Waals surface area contributed by atoms with E-state index in [4.69, 9.17) is 9.47 Å². The lowest BCUT2D eigenvalue weighted by molar-refractivity contribution is 0.250. The fourth-order valence-corrected chi connectivity index (χ4v) is 2.50. The number of nitrogens with zero attached hydrogens (tertiary/aromatic N) is 1.